The van der Waals surface area contributed by atoms with Crippen LogP contribution in [-0.2, 0) is 0 Å². The number of hydrogen-bond acceptors (Lipinski definition) is 3. The standard InChI is InChI=1S/C18H19ClN3/c1-22(2)12-14-5-3-4-13(14)11-21-17-8-9-20-18-10-15(19)6-7-16(17)18/h3-10H,11-12H2,1-2H3,(H,20,21). The molecule has 22 heavy (non-hydrogen) atoms. The molecule has 1 aliphatic rings. The van der Waals surface area contributed by atoms with E-state index in [2.05, 4.69) is 48.6 Å². The molecule has 113 valence electrons. The molecule has 1 saturated carbocycles. The SMILES string of the molecule is CN(C)C[C]1[CH][CH][CH][C]1CNc1ccnc2cc(Cl)ccc12. The number of nitrogens with one attached hydrogen (secondary N) is 1. The summed E-state index contributed by atoms with van der Waals surface area (Å²) in [6, 6.07) is 7.81. The summed E-state index contributed by atoms with van der Waals surface area (Å²) in [6.07, 6.45) is 8.28. The topological polar surface area (TPSA) is 28.2 Å². The van der Waals surface area contributed by atoms with Crippen molar-refractivity contribution in [3.63, 3.8) is 0 Å². The summed E-state index contributed by atoms with van der Waals surface area (Å²) in [5.74, 6) is 2.69. The number of pyridine rings is 1. The van der Waals surface area contributed by atoms with Crippen LogP contribution in [0.3, 0.4) is 0 Å². The van der Waals surface area contributed by atoms with E-state index in [9.17, 15) is 0 Å². The van der Waals surface area contributed by atoms with E-state index in [0.717, 1.165) is 29.7 Å². The molecule has 0 saturated heterocycles. The highest BCUT2D eigenvalue weighted by atomic mass is 35.5. The predicted octanol–water partition coefficient (Wildman–Crippen LogP) is 3.64. The lowest BCUT2D eigenvalue weighted by Gasteiger charge is -2.22. The van der Waals surface area contributed by atoms with E-state index in [4.69, 9.17) is 11.6 Å². The Morgan fingerprint density at radius 2 is 1.95 bits per heavy atom. The second kappa shape index (κ2) is 6.84. The van der Waals surface area contributed by atoms with Crippen LogP contribution in [-0.4, -0.2) is 37.1 Å². The Morgan fingerprint density at radius 3 is 2.77 bits per heavy atom. The second-order valence-corrected chi connectivity index (χ2v) is 6.12. The van der Waals surface area contributed by atoms with Gasteiger partial charge < -0.3 is 10.2 Å². The molecule has 0 atom stereocenters. The van der Waals surface area contributed by atoms with E-state index in [1.54, 1.807) is 0 Å². The van der Waals surface area contributed by atoms with Gasteiger partial charge in [-0.25, -0.2) is 0 Å². The highest BCUT2D eigenvalue weighted by molar-refractivity contribution is 6.31. The molecule has 1 fully saturated rings. The minimum atomic E-state index is 0.710. The molecule has 3 nitrogen and oxygen atoms in total. The third-order valence-electron chi connectivity index (χ3n) is 3.67. The molecule has 0 bridgehead atoms. The van der Waals surface area contributed by atoms with Gasteiger partial charge in [0.05, 0.1) is 5.52 Å². The summed E-state index contributed by atoms with van der Waals surface area (Å²) in [5, 5.41) is 5.32. The number of fused-ring (bicyclic) bond motifs is 1. The lowest BCUT2D eigenvalue weighted by atomic mass is 9.95. The molecule has 1 N–H and O–H groups in total. The largest absolute Gasteiger partial charge is 0.384 e. The van der Waals surface area contributed by atoms with Gasteiger partial charge in [-0.2, -0.15) is 0 Å². The highest BCUT2D eigenvalue weighted by Gasteiger charge is 2.29. The van der Waals surface area contributed by atoms with Crippen molar-refractivity contribution in [2.45, 2.75) is 0 Å². The van der Waals surface area contributed by atoms with Crippen molar-refractivity contribution < 1.29 is 0 Å². The Bertz CT molecular complexity index is 641. The van der Waals surface area contributed by atoms with Crippen LogP contribution in [0.4, 0.5) is 5.69 Å². The summed E-state index contributed by atoms with van der Waals surface area (Å²) in [7, 11) is 4.18. The fourth-order valence-corrected chi connectivity index (χ4v) is 2.79. The fourth-order valence-electron chi connectivity index (χ4n) is 2.63. The fraction of sp³-hybridized carbons (Fsp3) is 0.222. The van der Waals surface area contributed by atoms with Gasteiger partial charge in [0.2, 0.25) is 0 Å². The van der Waals surface area contributed by atoms with Gasteiger partial charge in [0, 0.05) is 47.2 Å². The average molecular weight is 313 g/mol. The van der Waals surface area contributed by atoms with Crippen molar-refractivity contribution in [2.24, 2.45) is 0 Å². The first-order valence-electron chi connectivity index (χ1n) is 7.30. The predicted molar refractivity (Wildman–Crippen MR) is 93.2 cm³/mol. The third kappa shape index (κ3) is 3.53. The smallest absolute Gasteiger partial charge is 0.0737 e. The summed E-state index contributed by atoms with van der Waals surface area (Å²) in [5.41, 5.74) is 1.99. The molecule has 0 spiro atoms. The van der Waals surface area contributed by atoms with Gasteiger partial charge in [-0.3, -0.25) is 4.98 Å². The molecular weight excluding hydrogens is 294 g/mol. The number of aromatic nitrogens is 1. The molecule has 0 aliphatic heterocycles. The van der Waals surface area contributed by atoms with Gasteiger partial charge in [-0.1, -0.05) is 11.6 Å². The first-order chi connectivity index (χ1) is 10.6. The lowest BCUT2D eigenvalue weighted by molar-refractivity contribution is 0.427. The van der Waals surface area contributed by atoms with E-state index in [1.807, 2.05) is 30.5 Å². The number of rotatable bonds is 5. The monoisotopic (exact) mass is 312 g/mol. The van der Waals surface area contributed by atoms with E-state index in [1.165, 1.54) is 11.8 Å². The summed E-state index contributed by atoms with van der Waals surface area (Å²) >= 11 is 6.03. The Labute approximate surface area is 137 Å². The van der Waals surface area contributed by atoms with Crippen LogP contribution >= 0.6 is 11.6 Å². The molecule has 0 amide bonds. The summed E-state index contributed by atoms with van der Waals surface area (Å²) in [6.45, 7) is 1.76. The molecule has 2 aromatic rings. The van der Waals surface area contributed by atoms with Gasteiger partial charge in [0.25, 0.3) is 0 Å². The van der Waals surface area contributed by atoms with Gasteiger partial charge >= 0.3 is 0 Å². The van der Waals surface area contributed by atoms with E-state index < -0.39 is 0 Å². The maximum absolute atomic E-state index is 6.03. The number of hydrogen-bond donors (Lipinski definition) is 1. The van der Waals surface area contributed by atoms with Crippen molar-refractivity contribution in [3.05, 3.63) is 66.6 Å². The third-order valence-corrected chi connectivity index (χ3v) is 3.90. The Kier molecular flexibility index (Phi) is 4.84. The van der Waals surface area contributed by atoms with Gasteiger partial charge in [0.15, 0.2) is 0 Å². The zero-order chi connectivity index (χ0) is 15.5. The van der Waals surface area contributed by atoms with Crippen LogP contribution in [0.15, 0.2) is 30.5 Å². The number of halogens is 1. The molecule has 1 aromatic heterocycles. The van der Waals surface area contributed by atoms with Crippen LogP contribution in [0.2, 0.25) is 5.02 Å². The molecule has 1 aromatic carbocycles. The maximum atomic E-state index is 6.03. The van der Waals surface area contributed by atoms with Crippen LogP contribution in [0.1, 0.15) is 0 Å². The summed E-state index contributed by atoms with van der Waals surface area (Å²) < 4.78 is 0. The molecule has 1 aliphatic carbocycles. The van der Waals surface area contributed by atoms with Gasteiger partial charge in [-0.15, -0.1) is 0 Å². The van der Waals surface area contributed by atoms with Crippen LogP contribution in [0, 0.1) is 31.1 Å². The van der Waals surface area contributed by atoms with Crippen molar-refractivity contribution in [2.75, 3.05) is 32.5 Å². The van der Waals surface area contributed by atoms with E-state index in [-0.39, 0.29) is 0 Å². The van der Waals surface area contributed by atoms with Crippen molar-refractivity contribution in [3.8, 4) is 0 Å². The van der Waals surface area contributed by atoms with Crippen LogP contribution in [0.25, 0.3) is 10.9 Å². The molecule has 0 unspecified atom stereocenters. The number of anilines is 1. The van der Waals surface area contributed by atoms with E-state index in [0.29, 0.717) is 5.02 Å². The normalized spacial score (nSPS) is 16.7. The molecule has 5 radical (unpaired) electrons. The van der Waals surface area contributed by atoms with Crippen LogP contribution in [0.5, 0.6) is 0 Å². The van der Waals surface area contributed by atoms with E-state index >= 15 is 0 Å². The Morgan fingerprint density at radius 1 is 1.14 bits per heavy atom. The van der Waals surface area contributed by atoms with Gasteiger partial charge in [-0.05, 0) is 57.6 Å². The maximum Gasteiger partial charge on any atom is 0.0737 e. The number of benzene rings is 1. The quantitative estimate of drug-likeness (QED) is 0.913. The Hall–Kier alpha value is -1.32. The molecule has 4 heteroatoms. The zero-order valence-electron chi connectivity index (χ0n) is 12.8. The van der Waals surface area contributed by atoms with Crippen molar-refractivity contribution in [1.82, 2.24) is 9.88 Å². The minimum Gasteiger partial charge on any atom is -0.384 e. The highest BCUT2D eigenvalue weighted by Crippen LogP contribution is 2.34. The first-order valence-corrected chi connectivity index (χ1v) is 7.67. The summed E-state index contributed by atoms with van der Waals surface area (Å²) in [4.78, 5) is 6.56. The zero-order valence-corrected chi connectivity index (χ0v) is 13.6. The molecule has 1 heterocycles. The molecular formula is C18H19ClN3. The second-order valence-electron chi connectivity index (χ2n) is 5.69. The minimum absolute atomic E-state index is 0.710. The van der Waals surface area contributed by atoms with Crippen molar-refractivity contribution >= 4 is 28.2 Å². The number of nitrogens with zero attached hydrogens (tertiary/aromatic N) is 2. The Balaban J connectivity index is 1.71. The lowest BCUT2D eigenvalue weighted by Crippen LogP contribution is -2.25. The van der Waals surface area contributed by atoms with Gasteiger partial charge in [0.1, 0.15) is 0 Å². The molecule has 3 rings (SSSR count). The first kappa shape index (κ1) is 15.6. The average Bonchev–Trinajstić information content (AvgIpc) is 2.91. The van der Waals surface area contributed by atoms with Crippen molar-refractivity contribution in [1.29, 1.82) is 0 Å². The van der Waals surface area contributed by atoms with Crippen LogP contribution < -0.4 is 5.32 Å².